The van der Waals surface area contributed by atoms with Crippen LogP contribution in [0.5, 0.6) is 0 Å². The van der Waals surface area contributed by atoms with Crippen LogP contribution in [0, 0.1) is 5.41 Å². The van der Waals surface area contributed by atoms with Gasteiger partial charge in [0.25, 0.3) is 0 Å². The zero-order chi connectivity index (χ0) is 10.3. The largest absolute Gasteiger partial charge is 0.352 e. The van der Waals surface area contributed by atoms with E-state index in [4.69, 9.17) is 0 Å². The van der Waals surface area contributed by atoms with Crippen LogP contribution in [0.1, 0.15) is 40.0 Å². The van der Waals surface area contributed by atoms with E-state index in [1.807, 2.05) is 0 Å². The highest BCUT2D eigenvalue weighted by atomic mass is 16.1. The molecule has 0 aromatic heterocycles. The molecule has 14 heavy (non-hydrogen) atoms. The Bertz CT molecular complexity index is 166. The van der Waals surface area contributed by atoms with Crippen molar-refractivity contribution in [3.05, 3.63) is 12.7 Å². The number of hydrogen-bond acceptors (Lipinski definition) is 2. The topological polar surface area (TPSA) is 64.1 Å². The molecule has 0 saturated heterocycles. The minimum atomic E-state index is -0.0697. The van der Waals surface area contributed by atoms with Crippen LogP contribution in [-0.2, 0) is 4.79 Å². The van der Waals surface area contributed by atoms with Crippen LogP contribution in [0.15, 0.2) is 12.7 Å². The molecule has 0 spiro atoms. The van der Waals surface area contributed by atoms with Crippen LogP contribution in [0.2, 0.25) is 0 Å². The van der Waals surface area contributed by atoms with Crippen LogP contribution in [0.25, 0.3) is 0 Å². The monoisotopic (exact) mass is 200 g/mol. The van der Waals surface area contributed by atoms with E-state index in [-0.39, 0.29) is 17.5 Å². The summed E-state index contributed by atoms with van der Waals surface area (Å²) in [6.07, 6.45) is 4.65. The van der Waals surface area contributed by atoms with Crippen molar-refractivity contribution in [2.45, 2.75) is 40.0 Å². The first-order valence-corrected chi connectivity index (χ1v) is 5.04. The second kappa shape index (κ2) is 7.56. The molecule has 0 bridgehead atoms. The van der Waals surface area contributed by atoms with Crippen molar-refractivity contribution in [3.63, 3.8) is 0 Å². The quantitative estimate of drug-likeness (QED) is 0.647. The summed E-state index contributed by atoms with van der Waals surface area (Å²) >= 11 is 0. The van der Waals surface area contributed by atoms with Gasteiger partial charge in [0.2, 0.25) is 5.91 Å². The molecule has 0 saturated carbocycles. The minimum Gasteiger partial charge on any atom is -0.352 e. The average molecular weight is 200 g/mol. The highest BCUT2D eigenvalue weighted by molar-refractivity contribution is 5.86. The highest BCUT2D eigenvalue weighted by Gasteiger charge is 2.23. The predicted molar refractivity (Wildman–Crippen MR) is 61.5 cm³/mol. The van der Waals surface area contributed by atoms with Gasteiger partial charge in [-0.05, 0) is 30.8 Å². The van der Waals surface area contributed by atoms with Gasteiger partial charge in [0.15, 0.2) is 0 Å². The third-order valence-electron chi connectivity index (χ3n) is 3.07. The van der Waals surface area contributed by atoms with E-state index < -0.39 is 0 Å². The SMILES string of the molecule is C=CC(=O)NCC(CC)(CC)CC.N. The number of carbonyl (C=O) groups is 1. The smallest absolute Gasteiger partial charge is 0.243 e. The third kappa shape index (κ3) is 4.42. The molecule has 84 valence electrons. The minimum absolute atomic E-state index is 0. The maximum Gasteiger partial charge on any atom is 0.243 e. The molecule has 3 nitrogen and oxygen atoms in total. The molecular formula is C11H24N2O. The van der Waals surface area contributed by atoms with E-state index >= 15 is 0 Å². The van der Waals surface area contributed by atoms with E-state index in [0.717, 1.165) is 25.8 Å². The van der Waals surface area contributed by atoms with Crippen LogP contribution in [0.3, 0.4) is 0 Å². The molecular weight excluding hydrogens is 176 g/mol. The third-order valence-corrected chi connectivity index (χ3v) is 3.07. The second-order valence-electron chi connectivity index (χ2n) is 3.48. The van der Waals surface area contributed by atoms with Crippen molar-refractivity contribution in [2.75, 3.05) is 6.54 Å². The lowest BCUT2D eigenvalue weighted by Crippen LogP contribution is -2.35. The number of rotatable bonds is 6. The average Bonchev–Trinajstić information content (AvgIpc) is 2.20. The van der Waals surface area contributed by atoms with Crippen LogP contribution in [-0.4, -0.2) is 12.5 Å². The van der Waals surface area contributed by atoms with Crippen molar-refractivity contribution >= 4 is 5.91 Å². The fourth-order valence-electron chi connectivity index (χ4n) is 1.47. The molecule has 0 aliphatic heterocycles. The zero-order valence-corrected chi connectivity index (χ0v) is 9.73. The molecule has 0 atom stereocenters. The standard InChI is InChI=1S/C11H21NO.H3N/c1-5-10(13)12-9-11(6-2,7-3)8-4;/h5H,1,6-9H2,2-4H3,(H,12,13);1H3. The fourth-order valence-corrected chi connectivity index (χ4v) is 1.47. The van der Waals surface area contributed by atoms with Gasteiger partial charge >= 0.3 is 0 Å². The van der Waals surface area contributed by atoms with Gasteiger partial charge in [-0.15, -0.1) is 0 Å². The lowest BCUT2D eigenvalue weighted by atomic mass is 9.80. The number of carbonyl (C=O) groups excluding carboxylic acids is 1. The number of nitrogens with one attached hydrogen (secondary N) is 1. The molecule has 1 amide bonds. The zero-order valence-electron chi connectivity index (χ0n) is 9.73. The Hall–Kier alpha value is -0.830. The van der Waals surface area contributed by atoms with Gasteiger partial charge in [0.1, 0.15) is 0 Å². The van der Waals surface area contributed by atoms with Crippen molar-refractivity contribution < 1.29 is 4.79 Å². The molecule has 0 rings (SSSR count). The van der Waals surface area contributed by atoms with E-state index in [9.17, 15) is 4.79 Å². The molecule has 0 aliphatic carbocycles. The summed E-state index contributed by atoms with van der Waals surface area (Å²) in [6, 6.07) is 0. The second-order valence-corrected chi connectivity index (χ2v) is 3.48. The lowest BCUT2D eigenvalue weighted by Gasteiger charge is -2.30. The van der Waals surface area contributed by atoms with E-state index in [0.29, 0.717) is 0 Å². The lowest BCUT2D eigenvalue weighted by molar-refractivity contribution is -0.117. The predicted octanol–water partition coefficient (Wildman–Crippen LogP) is 2.67. The summed E-state index contributed by atoms with van der Waals surface area (Å²) in [7, 11) is 0. The van der Waals surface area contributed by atoms with Crippen molar-refractivity contribution in [2.24, 2.45) is 5.41 Å². The Kier molecular flexibility index (Phi) is 8.44. The van der Waals surface area contributed by atoms with Crippen molar-refractivity contribution in [1.82, 2.24) is 11.5 Å². The normalized spacial score (nSPS) is 10.2. The van der Waals surface area contributed by atoms with Gasteiger partial charge in [-0.25, -0.2) is 0 Å². The molecule has 0 aliphatic rings. The molecule has 0 aromatic rings. The van der Waals surface area contributed by atoms with Crippen LogP contribution in [0.4, 0.5) is 0 Å². The maximum atomic E-state index is 11.0. The van der Waals surface area contributed by atoms with Crippen molar-refractivity contribution in [3.8, 4) is 0 Å². The number of hydrogen-bond donors (Lipinski definition) is 2. The summed E-state index contributed by atoms with van der Waals surface area (Å²) in [4.78, 5) is 11.0. The summed E-state index contributed by atoms with van der Waals surface area (Å²) in [6.45, 7) is 10.7. The van der Waals surface area contributed by atoms with Gasteiger partial charge < -0.3 is 11.5 Å². The Morgan fingerprint density at radius 3 is 2.00 bits per heavy atom. The maximum absolute atomic E-state index is 11.0. The Balaban J connectivity index is 0. The first-order valence-electron chi connectivity index (χ1n) is 5.04. The Morgan fingerprint density at radius 2 is 1.71 bits per heavy atom. The van der Waals surface area contributed by atoms with E-state index in [1.54, 1.807) is 0 Å². The van der Waals surface area contributed by atoms with Gasteiger partial charge in [-0.2, -0.15) is 0 Å². The highest BCUT2D eigenvalue weighted by Crippen LogP contribution is 2.29. The first kappa shape index (κ1) is 15.6. The summed E-state index contributed by atoms with van der Waals surface area (Å²) in [5, 5.41) is 2.87. The molecule has 0 fully saturated rings. The van der Waals surface area contributed by atoms with Crippen LogP contribution >= 0.6 is 0 Å². The van der Waals surface area contributed by atoms with Crippen molar-refractivity contribution in [1.29, 1.82) is 0 Å². The number of amides is 1. The Morgan fingerprint density at radius 1 is 1.29 bits per heavy atom. The summed E-state index contributed by atoms with van der Waals surface area (Å²) < 4.78 is 0. The fraction of sp³-hybridized carbons (Fsp3) is 0.727. The van der Waals surface area contributed by atoms with Gasteiger partial charge in [-0.3, -0.25) is 4.79 Å². The van der Waals surface area contributed by atoms with Gasteiger partial charge in [0, 0.05) is 6.54 Å². The summed E-state index contributed by atoms with van der Waals surface area (Å²) in [5.74, 6) is -0.0697. The molecule has 0 unspecified atom stereocenters. The van der Waals surface area contributed by atoms with E-state index in [2.05, 4.69) is 32.7 Å². The Labute approximate surface area is 87.5 Å². The molecule has 4 N–H and O–H groups in total. The molecule has 0 radical (unpaired) electrons. The molecule has 0 heterocycles. The van der Waals surface area contributed by atoms with E-state index in [1.165, 1.54) is 6.08 Å². The first-order chi connectivity index (χ1) is 6.14. The van der Waals surface area contributed by atoms with Gasteiger partial charge in [0.05, 0.1) is 0 Å². The molecule has 0 aromatic carbocycles. The van der Waals surface area contributed by atoms with Crippen LogP contribution < -0.4 is 11.5 Å². The van der Waals surface area contributed by atoms with Gasteiger partial charge in [-0.1, -0.05) is 27.4 Å². The summed E-state index contributed by atoms with van der Waals surface area (Å²) in [5.41, 5.74) is 0.276. The molecule has 3 heteroatoms.